The standard InChI is InChI=1S/C14H21N3O2/c1-10(2)11(18)9-16-13(12-5-4-8-19-12)14-15-6-7-17(14)3/h4-8,10-11,13,16,18H,9H2,1-3H3. The van der Waals surface area contributed by atoms with Crippen LogP contribution >= 0.6 is 0 Å². The van der Waals surface area contributed by atoms with Crippen LogP contribution in [-0.4, -0.2) is 27.3 Å². The Hall–Kier alpha value is -1.59. The lowest BCUT2D eigenvalue weighted by Crippen LogP contribution is -2.34. The van der Waals surface area contributed by atoms with Gasteiger partial charge in [0.05, 0.1) is 12.4 Å². The molecule has 2 heterocycles. The summed E-state index contributed by atoms with van der Waals surface area (Å²) in [5.41, 5.74) is 0. The zero-order valence-electron chi connectivity index (χ0n) is 11.6. The van der Waals surface area contributed by atoms with Gasteiger partial charge in [0.1, 0.15) is 17.6 Å². The Bertz CT molecular complexity index is 491. The third kappa shape index (κ3) is 3.24. The van der Waals surface area contributed by atoms with Crippen LogP contribution in [0.5, 0.6) is 0 Å². The second kappa shape index (κ2) is 6.04. The van der Waals surface area contributed by atoms with Crippen molar-refractivity contribution in [1.82, 2.24) is 14.9 Å². The molecule has 0 radical (unpaired) electrons. The van der Waals surface area contributed by atoms with Crippen LogP contribution in [-0.2, 0) is 7.05 Å². The molecule has 104 valence electrons. The summed E-state index contributed by atoms with van der Waals surface area (Å²) >= 11 is 0. The van der Waals surface area contributed by atoms with Crippen LogP contribution in [0.3, 0.4) is 0 Å². The maximum Gasteiger partial charge on any atom is 0.133 e. The molecular formula is C14H21N3O2. The molecule has 0 aliphatic heterocycles. The Balaban J connectivity index is 2.15. The van der Waals surface area contributed by atoms with Crippen molar-refractivity contribution in [2.75, 3.05) is 6.54 Å². The molecule has 2 N–H and O–H groups in total. The van der Waals surface area contributed by atoms with E-state index in [0.717, 1.165) is 11.6 Å². The number of nitrogens with zero attached hydrogens (tertiary/aromatic N) is 2. The first-order valence-corrected chi connectivity index (χ1v) is 6.51. The van der Waals surface area contributed by atoms with Crippen LogP contribution in [0.15, 0.2) is 35.2 Å². The molecule has 5 nitrogen and oxygen atoms in total. The molecule has 2 unspecified atom stereocenters. The topological polar surface area (TPSA) is 63.2 Å². The first-order chi connectivity index (χ1) is 9.09. The lowest BCUT2D eigenvalue weighted by Gasteiger charge is -2.20. The van der Waals surface area contributed by atoms with Gasteiger partial charge in [-0.3, -0.25) is 5.32 Å². The largest absolute Gasteiger partial charge is 0.467 e. The minimum absolute atomic E-state index is 0.150. The molecule has 0 bridgehead atoms. The number of aryl methyl sites for hydroxylation is 1. The molecule has 5 heteroatoms. The van der Waals surface area contributed by atoms with Gasteiger partial charge in [-0.2, -0.15) is 0 Å². The summed E-state index contributed by atoms with van der Waals surface area (Å²) < 4.78 is 7.42. The van der Waals surface area contributed by atoms with Gasteiger partial charge in [-0.25, -0.2) is 4.98 Å². The highest BCUT2D eigenvalue weighted by Crippen LogP contribution is 2.20. The molecule has 0 aliphatic carbocycles. The summed E-state index contributed by atoms with van der Waals surface area (Å²) in [5.74, 6) is 1.88. The van der Waals surface area contributed by atoms with Crippen molar-refractivity contribution >= 4 is 0 Å². The molecular weight excluding hydrogens is 242 g/mol. The molecule has 0 fully saturated rings. The SMILES string of the molecule is CC(C)C(O)CNC(c1ccco1)c1nccn1C. The van der Waals surface area contributed by atoms with Gasteiger partial charge in [0.15, 0.2) is 0 Å². The van der Waals surface area contributed by atoms with Crippen LogP contribution in [0, 0.1) is 5.92 Å². The van der Waals surface area contributed by atoms with E-state index in [1.807, 2.05) is 43.8 Å². The summed E-state index contributed by atoms with van der Waals surface area (Å²) in [5, 5.41) is 13.2. The van der Waals surface area contributed by atoms with E-state index in [9.17, 15) is 5.11 Å². The Kier molecular flexibility index (Phi) is 4.39. The van der Waals surface area contributed by atoms with Crippen LogP contribution in [0.2, 0.25) is 0 Å². The smallest absolute Gasteiger partial charge is 0.133 e. The molecule has 19 heavy (non-hydrogen) atoms. The number of hydrogen-bond acceptors (Lipinski definition) is 4. The molecule has 0 aromatic carbocycles. The van der Waals surface area contributed by atoms with Crippen LogP contribution in [0.25, 0.3) is 0 Å². The molecule has 0 saturated heterocycles. The van der Waals surface area contributed by atoms with E-state index in [1.54, 1.807) is 12.5 Å². The number of furan rings is 1. The van der Waals surface area contributed by atoms with Gasteiger partial charge >= 0.3 is 0 Å². The van der Waals surface area contributed by atoms with Crippen molar-refractivity contribution < 1.29 is 9.52 Å². The van der Waals surface area contributed by atoms with E-state index in [1.165, 1.54) is 0 Å². The Morgan fingerprint density at radius 3 is 2.79 bits per heavy atom. The minimum Gasteiger partial charge on any atom is -0.467 e. The maximum atomic E-state index is 9.92. The lowest BCUT2D eigenvalue weighted by atomic mass is 10.1. The normalized spacial score (nSPS) is 14.8. The van der Waals surface area contributed by atoms with Crippen LogP contribution in [0.4, 0.5) is 0 Å². The van der Waals surface area contributed by atoms with E-state index in [4.69, 9.17) is 4.42 Å². The predicted octanol–water partition coefficient (Wildman–Crippen LogP) is 1.71. The van der Waals surface area contributed by atoms with Crippen LogP contribution in [0.1, 0.15) is 31.5 Å². The van der Waals surface area contributed by atoms with Gasteiger partial charge in [0.25, 0.3) is 0 Å². The fraction of sp³-hybridized carbons (Fsp3) is 0.500. The minimum atomic E-state index is -0.391. The molecule has 2 rings (SSSR count). The van der Waals surface area contributed by atoms with Gasteiger partial charge in [0.2, 0.25) is 0 Å². The van der Waals surface area contributed by atoms with E-state index in [-0.39, 0.29) is 12.0 Å². The summed E-state index contributed by atoms with van der Waals surface area (Å²) in [6, 6.07) is 3.61. The number of rotatable bonds is 6. The first-order valence-electron chi connectivity index (χ1n) is 6.51. The molecule has 0 saturated carbocycles. The number of hydrogen-bond donors (Lipinski definition) is 2. The number of aromatic nitrogens is 2. The molecule has 2 atom stereocenters. The summed E-state index contributed by atoms with van der Waals surface area (Å²) in [7, 11) is 1.94. The van der Waals surface area contributed by atoms with Crippen molar-refractivity contribution in [2.45, 2.75) is 26.0 Å². The Labute approximate surface area is 113 Å². The summed E-state index contributed by atoms with van der Waals surface area (Å²) in [6.45, 7) is 4.49. The van der Waals surface area contributed by atoms with Gasteiger partial charge in [-0.15, -0.1) is 0 Å². The van der Waals surface area contributed by atoms with E-state index < -0.39 is 6.10 Å². The van der Waals surface area contributed by atoms with E-state index in [2.05, 4.69) is 10.3 Å². The maximum absolute atomic E-state index is 9.92. The highest BCUT2D eigenvalue weighted by molar-refractivity contribution is 5.15. The molecule has 2 aromatic rings. The van der Waals surface area contributed by atoms with Crippen molar-refractivity contribution in [3.8, 4) is 0 Å². The van der Waals surface area contributed by atoms with Crippen molar-refractivity contribution in [3.05, 3.63) is 42.4 Å². The lowest BCUT2D eigenvalue weighted by molar-refractivity contribution is 0.120. The number of aliphatic hydroxyl groups is 1. The second-order valence-corrected chi connectivity index (χ2v) is 5.06. The molecule has 0 amide bonds. The summed E-state index contributed by atoms with van der Waals surface area (Å²) in [4.78, 5) is 4.35. The third-order valence-electron chi connectivity index (χ3n) is 3.25. The number of imidazole rings is 1. The average Bonchev–Trinajstić information content (AvgIpc) is 3.02. The number of aliphatic hydroxyl groups excluding tert-OH is 1. The van der Waals surface area contributed by atoms with Gasteiger partial charge < -0.3 is 14.1 Å². The summed E-state index contributed by atoms with van der Waals surface area (Å²) in [6.07, 6.45) is 4.90. The molecule has 0 spiro atoms. The Morgan fingerprint density at radius 1 is 1.47 bits per heavy atom. The van der Waals surface area contributed by atoms with Crippen molar-refractivity contribution in [3.63, 3.8) is 0 Å². The number of nitrogens with one attached hydrogen (secondary N) is 1. The van der Waals surface area contributed by atoms with Crippen molar-refractivity contribution in [1.29, 1.82) is 0 Å². The fourth-order valence-electron chi connectivity index (χ4n) is 1.90. The highest BCUT2D eigenvalue weighted by Gasteiger charge is 2.22. The zero-order valence-corrected chi connectivity index (χ0v) is 11.6. The van der Waals surface area contributed by atoms with E-state index >= 15 is 0 Å². The second-order valence-electron chi connectivity index (χ2n) is 5.06. The van der Waals surface area contributed by atoms with Crippen LogP contribution < -0.4 is 5.32 Å². The zero-order chi connectivity index (χ0) is 13.8. The third-order valence-corrected chi connectivity index (χ3v) is 3.25. The van der Waals surface area contributed by atoms with E-state index in [0.29, 0.717) is 6.54 Å². The highest BCUT2D eigenvalue weighted by atomic mass is 16.3. The monoisotopic (exact) mass is 263 g/mol. The molecule has 2 aromatic heterocycles. The predicted molar refractivity (Wildman–Crippen MR) is 72.6 cm³/mol. The quantitative estimate of drug-likeness (QED) is 0.833. The first kappa shape index (κ1) is 13.8. The van der Waals surface area contributed by atoms with Gasteiger partial charge in [-0.1, -0.05) is 13.8 Å². The van der Waals surface area contributed by atoms with Crippen molar-refractivity contribution in [2.24, 2.45) is 13.0 Å². The Morgan fingerprint density at radius 2 is 2.26 bits per heavy atom. The van der Waals surface area contributed by atoms with Gasteiger partial charge in [-0.05, 0) is 18.1 Å². The fourth-order valence-corrected chi connectivity index (χ4v) is 1.90. The average molecular weight is 263 g/mol. The molecule has 0 aliphatic rings. The van der Waals surface area contributed by atoms with Gasteiger partial charge in [0, 0.05) is 26.0 Å².